The van der Waals surface area contributed by atoms with E-state index in [0.29, 0.717) is 24.5 Å². The van der Waals surface area contributed by atoms with E-state index in [0.717, 1.165) is 6.42 Å². The summed E-state index contributed by atoms with van der Waals surface area (Å²) in [5.41, 5.74) is 0.546. The first kappa shape index (κ1) is 13.4. The summed E-state index contributed by atoms with van der Waals surface area (Å²) < 4.78 is 1.50. The van der Waals surface area contributed by atoms with Crippen LogP contribution in [0.15, 0.2) is 0 Å². The van der Waals surface area contributed by atoms with Crippen LogP contribution < -0.4 is 4.90 Å². The van der Waals surface area contributed by atoms with Crippen molar-refractivity contribution in [3.63, 3.8) is 0 Å². The molecule has 0 saturated heterocycles. The van der Waals surface area contributed by atoms with Crippen molar-refractivity contribution in [1.82, 2.24) is 9.78 Å². The molecule has 0 unspecified atom stereocenters. The number of hydrogen-bond acceptors (Lipinski definition) is 5. The van der Waals surface area contributed by atoms with Crippen LogP contribution >= 0.6 is 0 Å². The molecule has 0 atom stereocenters. The van der Waals surface area contributed by atoms with Crippen LogP contribution in [0.25, 0.3) is 0 Å². The molecule has 1 rings (SSSR count). The number of likely N-dealkylation sites (N-methyl/N-ethyl adjacent to an activating group) is 1. The molecule has 7 heteroatoms. The standard InChI is InChI=1S/C10H18N4O3/c1-4-5-8-9(14(16)17)10(13(3)11-8)12(2)6-7-15/h15H,4-7H2,1-3H3. The second-order valence-corrected chi connectivity index (χ2v) is 3.89. The monoisotopic (exact) mass is 242 g/mol. The summed E-state index contributed by atoms with van der Waals surface area (Å²) in [4.78, 5) is 12.3. The molecule has 0 bridgehead atoms. The van der Waals surface area contributed by atoms with Crippen molar-refractivity contribution in [2.75, 3.05) is 25.1 Å². The average molecular weight is 242 g/mol. The van der Waals surface area contributed by atoms with Crippen LogP contribution in [-0.4, -0.2) is 40.0 Å². The maximum absolute atomic E-state index is 11.1. The van der Waals surface area contributed by atoms with Crippen molar-refractivity contribution >= 4 is 11.5 Å². The summed E-state index contributed by atoms with van der Waals surface area (Å²) in [6, 6.07) is 0. The number of rotatable bonds is 6. The second-order valence-electron chi connectivity index (χ2n) is 3.89. The SMILES string of the molecule is CCCc1nn(C)c(N(C)CCO)c1[N+](=O)[O-]. The van der Waals surface area contributed by atoms with E-state index in [1.54, 1.807) is 19.0 Å². The van der Waals surface area contributed by atoms with Gasteiger partial charge in [-0.2, -0.15) is 5.10 Å². The number of nitrogens with zero attached hydrogens (tertiary/aromatic N) is 4. The van der Waals surface area contributed by atoms with E-state index in [1.807, 2.05) is 6.92 Å². The lowest BCUT2D eigenvalue weighted by Gasteiger charge is -2.16. The first-order valence-electron chi connectivity index (χ1n) is 5.55. The van der Waals surface area contributed by atoms with E-state index in [1.165, 1.54) is 4.68 Å². The molecule has 96 valence electrons. The zero-order valence-electron chi connectivity index (χ0n) is 10.4. The third-order valence-corrected chi connectivity index (χ3v) is 2.53. The highest BCUT2D eigenvalue weighted by atomic mass is 16.6. The molecule has 1 aromatic heterocycles. The fourth-order valence-electron chi connectivity index (χ4n) is 1.83. The molecular formula is C10H18N4O3. The molecule has 0 amide bonds. The lowest BCUT2D eigenvalue weighted by atomic mass is 10.2. The van der Waals surface area contributed by atoms with Gasteiger partial charge in [0.1, 0.15) is 5.69 Å². The predicted octanol–water partition coefficient (Wildman–Crippen LogP) is 0.709. The Bertz CT molecular complexity index is 403. The Hall–Kier alpha value is -1.63. The minimum Gasteiger partial charge on any atom is -0.395 e. The minimum absolute atomic E-state index is 0.0466. The number of hydrogen-bond donors (Lipinski definition) is 1. The van der Waals surface area contributed by atoms with Crippen LogP contribution in [0.5, 0.6) is 0 Å². The minimum atomic E-state index is -0.402. The summed E-state index contributed by atoms with van der Waals surface area (Å²) in [6.07, 6.45) is 1.39. The van der Waals surface area contributed by atoms with Crippen molar-refractivity contribution in [2.24, 2.45) is 7.05 Å². The molecule has 0 spiro atoms. The average Bonchev–Trinajstić information content (AvgIpc) is 2.56. The molecule has 17 heavy (non-hydrogen) atoms. The van der Waals surface area contributed by atoms with Gasteiger partial charge < -0.3 is 10.0 Å². The quantitative estimate of drug-likeness (QED) is 0.586. The maximum atomic E-state index is 11.1. The molecule has 7 nitrogen and oxygen atoms in total. The van der Waals surface area contributed by atoms with Crippen molar-refractivity contribution in [3.8, 4) is 0 Å². The van der Waals surface area contributed by atoms with Crippen LogP contribution in [0.1, 0.15) is 19.0 Å². The van der Waals surface area contributed by atoms with Crippen molar-refractivity contribution in [1.29, 1.82) is 0 Å². The van der Waals surface area contributed by atoms with Gasteiger partial charge in [0, 0.05) is 20.6 Å². The number of nitro groups is 1. The highest BCUT2D eigenvalue weighted by molar-refractivity contribution is 5.61. The largest absolute Gasteiger partial charge is 0.395 e. The van der Waals surface area contributed by atoms with Gasteiger partial charge in [0.25, 0.3) is 0 Å². The van der Waals surface area contributed by atoms with Gasteiger partial charge in [-0.25, -0.2) is 4.68 Å². The van der Waals surface area contributed by atoms with Crippen molar-refractivity contribution in [3.05, 3.63) is 15.8 Å². The fourth-order valence-corrected chi connectivity index (χ4v) is 1.83. The number of aryl methyl sites for hydroxylation is 2. The topological polar surface area (TPSA) is 84.4 Å². The van der Waals surface area contributed by atoms with Crippen LogP contribution in [-0.2, 0) is 13.5 Å². The van der Waals surface area contributed by atoms with Gasteiger partial charge in [0.2, 0.25) is 5.82 Å². The number of aromatic nitrogens is 2. The molecule has 0 radical (unpaired) electrons. The zero-order chi connectivity index (χ0) is 13.0. The Balaban J connectivity index is 3.22. The Morgan fingerprint density at radius 2 is 2.24 bits per heavy atom. The summed E-state index contributed by atoms with van der Waals surface area (Å²) in [6.45, 7) is 2.24. The van der Waals surface area contributed by atoms with Crippen molar-refractivity contribution in [2.45, 2.75) is 19.8 Å². The van der Waals surface area contributed by atoms with Crippen LogP contribution in [0.4, 0.5) is 11.5 Å². The zero-order valence-corrected chi connectivity index (χ0v) is 10.4. The Kier molecular flexibility index (Phi) is 4.45. The molecule has 1 N–H and O–H groups in total. The molecular weight excluding hydrogens is 224 g/mol. The van der Waals surface area contributed by atoms with Gasteiger partial charge >= 0.3 is 5.69 Å². The summed E-state index contributed by atoms with van der Waals surface area (Å²) in [7, 11) is 3.38. The van der Waals surface area contributed by atoms with Crippen LogP contribution in [0.3, 0.4) is 0 Å². The van der Waals surface area contributed by atoms with E-state index in [2.05, 4.69) is 5.10 Å². The molecule has 1 aromatic rings. The van der Waals surface area contributed by atoms with E-state index in [-0.39, 0.29) is 12.3 Å². The van der Waals surface area contributed by atoms with Gasteiger partial charge in [-0.3, -0.25) is 10.1 Å². The van der Waals surface area contributed by atoms with E-state index in [4.69, 9.17) is 5.11 Å². The van der Waals surface area contributed by atoms with Gasteiger partial charge in [0.15, 0.2) is 0 Å². The summed E-state index contributed by atoms with van der Waals surface area (Å²) >= 11 is 0. The lowest BCUT2D eigenvalue weighted by Crippen LogP contribution is -2.24. The smallest absolute Gasteiger partial charge is 0.334 e. The van der Waals surface area contributed by atoms with Crippen LogP contribution in [0, 0.1) is 10.1 Å². The fraction of sp³-hybridized carbons (Fsp3) is 0.700. The second kappa shape index (κ2) is 5.62. The molecule has 0 saturated carbocycles. The molecule has 0 aliphatic heterocycles. The first-order valence-corrected chi connectivity index (χ1v) is 5.55. The Morgan fingerprint density at radius 1 is 1.59 bits per heavy atom. The molecule has 0 fully saturated rings. The third kappa shape index (κ3) is 2.73. The van der Waals surface area contributed by atoms with Crippen LogP contribution in [0.2, 0.25) is 0 Å². The highest BCUT2D eigenvalue weighted by Crippen LogP contribution is 2.31. The number of aliphatic hydroxyl groups is 1. The Labute approximate surface area is 99.8 Å². The molecule has 1 heterocycles. The highest BCUT2D eigenvalue weighted by Gasteiger charge is 2.28. The number of anilines is 1. The van der Waals surface area contributed by atoms with Gasteiger partial charge in [-0.15, -0.1) is 0 Å². The number of aliphatic hydroxyl groups excluding tert-OH is 1. The molecule has 0 aliphatic carbocycles. The van der Waals surface area contributed by atoms with Crippen molar-refractivity contribution < 1.29 is 10.0 Å². The van der Waals surface area contributed by atoms with Gasteiger partial charge in [0.05, 0.1) is 11.5 Å². The Morgan fingerprint density at radius 3 is 2.71 bits per heavy atom. The van der Waals surface area contributed by atoms with E-state index < -0.39 is 4.92 Å². The van der Waals surface area contributed by atoms with E-state index in [9.17, 15) is 10.1 Å². The summed E-state index contributed by atoms with van der Waals surface area (Å²) in [5, 5.41) is 24.2. The van der Waals surface area contributed by atoms with Gasteiger partial charge in [-0.1, -0.05) is 13.3 Å². The lowest BCUT2D eigenvalue weighted by molar-refractivity contribution is -0.384. The summed E-state index contributed by atoms with van der Waals surface area (Å²) in [5.74, 6) is 0.438. The van der Waals surface area contributed by atoms with E-state index >= 15 is 0 Å². The predicted molar refractivity (Wildman–Crippen MR) is 64.2 cm³/mol. The normalized spacial score (nSPS) is 10.6. The molecule has 0 aliphatic rings. The van der Waals surface area contributed by atoms with Gasteiger partial charge in [-0.05, 0) is 6.42 Å². The third-order valence-electron chi connectivity index (χ3n) is 2.53. The molecule has 0 aromatic carbocycles. The maximum Gasteiger partial charge on any atom is 0.334 e. The first-order chi connectivity index (χ1) is 8.02.